The van der Waals surface area contributed by atoms with Crippen LogP contribution in [0.1, 0.15) is 36.8 Å². The summed E-state index contributed by atoms with van der Waals surface area (Å²) < 4.78 is 46.3. The zero-order chi connectivity index (χ0) is 19.1. The maximum atomic E-state index is 13.6. The largest absolute Gasteiger partial charge is 0.484 e. The van der Waals surface area contributed by atoms with Crippen LogP contribution in [0.15, 0.2) is 23.3 Å². The van der Waals surface area contributed by atoms with E-state index in [1.807, 2.05) is 19.9 Å². The summed E-state index contributed by atoms with van der Waals surface area (Å²) in [6.45, 7) is 3.06. The molecule has 3 rings (SSSR count). The van der Waals surface area contributed by atoms with E-state index in [4.69, 9.17) is 4.74 Å². The second-order valence-electron chi connectivity index (χ2n) is 6.93. The van der Waals surface area contributed by atoms with Crippen molar-refractivity contribution in [3.8, 4) is 5.75 Å². The summed E-state index contributed by atoms with van der Waals surface area (Å²) in [5.74, 6) is -1.84. The Labute approximate surface area is 149 Å². The third-order valence-electron chi connectivity index (χ3n) is 4.83. The van der Waals surface area contributed by atoms with Gasteiger partial charge in [0.05, 0.1) is 5.92 Å². The molecule has 1 N–H and O–H groups in total. The number of rotatable bonds is 3. The highest BCUT2D eigenvalue weighted by Crippen LogP contribution is 2.48. The summed E-state index contributed by atoms with van der Waals surface area (Å²) in [4.78, 5) is 12.4. The molecule has 1 fully saturated rings. The van der Waals surface area contributed by atoms with Crippen LogP contribution in [0.3, 0.4) is 0 Å². The molecule has 0 saturated heterocycles. The quantitative estimate of drug-likeness (QED) is 0.888. The van der Waals surface area contributed by atoms with Crippen LogP contribution in [-0.4, -0.2) is 40.2 Å². The maximum absolute atomic E-state index is 13.6. The van der Waals surface area contributed by atoms with Gasteiger partial charge in [0.25, 0.3) is 11.6 Å². The predicted molar refractivity (Wildman–Crippen MR) is 88.7 cm³/mol. The van der Waals surface area contributed by atoms with Gasteiger partial charge >= 0.3 is 6.18 Å². The van der Waals surface area contributed by atoms with Crippen LogP contribution in [0.2, 0.25) is 0 Å². The van der Waals surface area contributed by atoms with Gasteiger partial charge in [-0.25, -0.2) is 0 Å². The first-order chi connectivity index (χ1) is 12.1. The number of carbonyl (C=O) groups is 1. The molecule has 1 amide bonds. The van der Waals surface area contributed by atoms with Crippen LogP contribution >= 0.6 is 0 Å². The van der Waals surface area contributed by atoms with Gasteiger partial charge in [0.1, 0.15) is 5.75 Å². The first kappa shape index (κ1) is 18.7. The first-order valence-electron chi connectivity index (χ1n) is 8.53. The monoisotopic (exact) mass is 370 g/mol. The minimum Gasteiger partial charge on any atom is -0.484 e. The molecule has 2 aliphatic rings. The average molecular weight is 370 g/mol. The summed E-state index contributed by atoms with van der Waals surface area (Å²) >= 11 is 0. The molecule has 26 heavy (non-hydrogen) atoms. The van der Waals surface area contributed by atoms with Gasteiger partial charge in [-0.05, 0) is 56.4 Å². The molecule has 1 aliphatic heterocycles. The molecule has 1 aromatic rings. The number of carbonyl (C=O) groups excluding carboxylic acids is 1. The second kappa shape index (κ2) is 6.57. The Bertz CT molecular complexity index is 727. The molecule has 1 aromatic carbocycles. The fourth-order valence-corrected chi connectivity index (χ4v) is 3.69. The summed E-state index contributed by atoms with van der Waals surface area (Å²) in [5.41, 5.74) is -1.25. The second-order valence-corrected chi connectivity index (χ2v) is 6.93. The van der Waals surface area contributed by atoms with Gasteiger partial charge in [0, 0.05) is 5.71 Å². The van der Waals surface area contributed by atoms with Gasteiger partial charge in [-0.2, -0.15) is 23.3 Å². The molecular formula is C18H21F3N2O3. The standard InChI is InChI=1S/C18H21F3N2O3/c1-11-7-12(2)9-13(8-11)26-10-16(24)23-17(25,18(19,20)21)14-5-3-4-6-15(14)22-23/h7-9,14,25H,3-6,10H2,1-2H3/t14-,17+/m0/s1. The number of amides is 1. The SMILES string of the molecule is Cc1cc(C)cc(OCC(=O)N2N=C3CCCC[C@@H]3[C@@]2(O)C(F)(F)F)c1. The molecule has 0 bridgehead atoms. The Balaban J connectivity index is 1.81. The molecular weight excluding hydrogens is 349 g/mol. The highest BCUT2D eigenvalue weighted by atomic mass is 19.4. The van der Waals surface area contributed by atoms with Crippen molar-refractivity contribution >= 4 is 11.6 Å². The molecule has 0 aromatic heterocycles. The molecule has 1 aliphatic carbocycles. The maximum Gasteiger partial charge on any atom is 0.439 e. The summed E-state index contributed by atoms with van der Waals surface area (Å²) in [6.07, 6.45) is -3.25. The number of alkyl halides is 3. The van der Waals surface area contributed by atoms with E-state index < -0.39 is 30.3 Å². The van der Waals surface area contributed by atoms with E-state index in [0.29, 0.717) is 25.0 Å². The van der Waals surface area contributed by atoms with Gasteiger partial charge in [-0.3, -0.25) is 4.79 Å². The third-order valence-corrected chi connectivity index (χ3v) is 4.83. The summed E-state index contributed by atoms with van der Waals surface area (Å²) in [6, 6.07) is 5.28. The number of halogens is 3. The van der Waals surface area contributed by atoms with Gasteiger partial charge < -0.3 is 9.84 Å². The number of ether oxygens (including phenoxy) is 1. The summed E-state index contributed by atoms with van der Waals surface area (Å²) in [5, 5.41) is 14.5. The fraction of sp³-hybridized carbons (Fsp3) is 0.556. The number of benzene rings is 1. The first-order valence-corrected chi connectivity index (χ1v) is 8.53. The number of hydrogen-bond acceptors (Lipinski definition) is 4. The Morgan fingerprint density at radius 2 is 1.96 bits per heavy atom. The van der Waals surface area contributed by atoms with E-state index >= 15 is 0 Å². The average Bonchev–Trinajstić information content (AvgIpc) is 2.86. The topological polar surface area (TPSA) is 62.1 Å². The molecule has 1 saturated carbocycles. The van der Waals surface area contributed by atoms with Gasteiger partial charge in [-0.1, -0.05) is 12.5 Å². The van der Waals surface area contributed by atoms with E-state index in [1.165, 1.54) is 0 Å². The van der Waals surface area contributed by atoms with E-state index in [-0.39, 0.29) is 17.1 Å². The van der Waals surface area contributed by atoms with Crippen LogP contribution in [0, 0.1) is 19.8 Å². The molecule has 1 heterocycles. The van der Waals surface area contributed by atoms with E-state index in [1.54, 1.807) is 12.1 Å². The Morgan fingerprint density at radius 1 is 1.31 bits per heavy atom. The highest BCUT2D eigenvalue weighted by molar-refractivity contribution is 5.93. The summed E-state index contributed by atoms with van der Waals surface area (Å²) in [7, 11) is 0. The van der Waals surface area contributed by atoms with E-state index in [0.717, 1.165) is 11.1 Å². The minimum absolute atomic E-state index is 0.149. The van der Waals surface area contributed by atoms with Crippen LogP contribution < -0.4 is 4.74 Å². The Morgan fingerprint density at radius 3 is 2.58 bits per heavy atom. The van der Waals surface area contributed by atoms with Crippen LogP contribution in [0.5, 0.6) is 5.75 Å². The van der Waals surface area contributed by atoms with Crippen molar-refractivity contribution in [2.45, 2.75) is 51.4 Å². The molecule has 0 unspecified atom stereocenters. The lowest BCUT2D eigenvalue weighted by Crippen LogP contribution is -2.62. The van der Waals surface area contributed by atoms with Crippen LogP contribution in [0.4, 0.5) is 13.2 Å². The predicted octanol–water partition coefficient (Wildman–Crippen LogP) is 3.32. The van der Waals surface area contributed by atoms with Crippen molar-refractivity contribution in [2.75, 3.05) is 6.61 Å². The zero-order valence-corrected chi connectivity index (χ0v) is 14.6. The fourth-order valence-electron chi connectivity index (χ4n) is 3.69. The number of fused-ring (bicyclic) bond motifs is 1. The third kappa shape index (κ3) is 3.18. The van der Waals surface area contributed by atoms with E-state index in [2.05, 4.69) is 5.10 Å². The van der Waals surface area contributed by atoms with Gasteiger partial charge in [0.2, 0.25) is 0 Å². The van der Waals surface area contributed by atoms with Crippen molar-refractivity contribution in [3.05, 3.63) is 29.3 Å². The lowest BCUT2D eigenvalue weighted by atomic mass is 9.80. The molecule has 0 spiro atoms. The van der Waals surface area contributed by atoms with Crippen LogP contribution in [0.25, 0.3) is 0 Å². The number of nitrogens with zero attached hydrogens (tertiary/aromatic N) is 2. The highest BCUT2D eigenvalue weighted by Gasteiger charge is 2.68. The molecule has 8 heteroatoms. The Kier molecular flexibility index (Phi) is 4.72. The number of hydrazone groups is 1. The molecule has 142 valence electrons. The molecule has 5 nitrogen and oxygen atoms in total. The molecule has 0 radical (unpaired) electrons. The number of hydrogen-bond donors (Lipinski definition) is 1. The van der Waals surface area contributed by atoms with Crippen molar-refractivity contribution in [3.63, 3.8) is 0 Å². The lowest BCUT2D eigenvalue weighted by Gasteiger charge is -2.38. The molecule has 2 atom stereocenters. The van der Waals surface area contributed by atoms with Crippen molar-refractivity contribution in [1.29, 1.82) is 0 Å². The van der Waals surface area contributed by atoms with Crippen molar-refractivity contribution < 1.29 is 27.8 Å². The van der Waals surface area contributed by atoms with Crippen molar-refractivity contribution in [1.82, 2.24) is 5.01 Å². The minimum atomic E-state index is -5.00. The van der Waals surface area contributed by atoms with Gasteiger partial charge in [0.15, 0.2) is 6.61 Å². The Hall–Kier alpha value is -2.09. The number of aryl methyl sites for hydroxylation is 2. The lowest BCUT2D eigenvalue weighted by molar-refractivity contribution is -0.317. The zero-order valence-electron chi connectivity index (χ0n) is 14.6. The van der Waals surface area contributed by atoms with Crippen LogP contribution in [-0.2, 0) is 4.79 Å². The van der Waals surface area contributed by atoms with E-state index in [9.17, 15) is 23.1 Å². The smallest absolute Gasteiger partial charge is 0.439 e. The normalized spacial score (nSPS) is 25.7. The van der Waals surface area contributed by atoms with Gasteiger partial charge in [-0.15, -0.1) is 0 Å². The number of aliphatic hydroxyl groups is 1. The van der Waals surface area contributed by atoms with Crippen molar-refractivity contribution in [2.24, 2.45) is 11.0 Å².